The molecule has 0 radical (unpaired) electrons. The monoisotopic (exact) mass is 436 g/mol. The summed E-state index contributed by atoms with van der Waals surface area (Å²) >= 11 is 0. The average molecular weight is 437 g/mol. The summed E-state index contributed by atoms with van der Waals surface area (Å²) in [6.45, 7) is 9.63. The maximum atomic E-state index is 16.4. The average Bonchev–Trinajstić information content (AvgIpc) is 2.68. The van der Waals surface area contributed by atoms with Gasteiger partial charge in [-0.05, 0) is 61.9 Å². The van der Waals surface area contributed by atoms with Crippen LogP contribution >= 0.6 is 7.60 Å². The van der Waals surface area contributed by atoms with Crippen LogP contribution in [0.5, 0.6) is 0 Å². The summed E-state index contributed by atoms with van der Waals surface area (Å²) in [5, 5.41) is 10.7. The quantitative estimate of drug-likeness (QED) is 0.402. The molecular weight excluding hydrogens is 402 g/mol. The smallest absolute Gasteiger partial charge is 0.333 e. The third-order valence-corrected chi connectivity index (χ3v) is 7.31. The van der Waals surface area contributed by atoms with Crippen LogP contribution in [-0.2, 0) is 19.3 Å². The first-order valence-corrected chi connectivity index (χ1v) is 12.4. The van der Waals surface area contributed by atoms with E-state index in [1.54, 1.807) is 26.0 Å². The molecule has 0 saturated carbocycles. The fraction of sp³-hybridized carbons (Fsp3) is 0.500. The second kappa shape index (κ2) is 10.7. The van der Waals surface area contributed by atoms with Crippen molar-refractivity contribution in [2.75, 3.05) is 19.4 Å². The molecular formula is C24H34FO4P. The van der Waals surface area contributed by atoms with Gasteiger partial charge in [-0.1, -0.05) is 55.8 Å². The number of benzene rings is 2. The molecule has 2 aromatic carbocycles. The highest BCUT2D eigenvalue weighted by Crippen LogP contribution is 2.51. The van der Waals surface area contributed by atoms with Gasteiger partial charge in [0.1, 0.15) is 0 Å². The molecule has 0 aliphatic carbocycles. The van der Waals surface area contributed by atoms with Crippen molar-refractivity contribution in [2.24, 2.45) is 0 Å². The maximum absolute atomic E-state index is 16.4. The van der Waals surface area contributed by atoms with E-state index in [2.05, 4.69) is 0 Å². The first-order chi connectivity index (χ1) is 14.2. The molecule has 0 aliphatic rings. The van der Waals surface area contributed by atoms with Crippen LogP contribution in [0.15, 0.2) is 42.5 Å². The maximum Gasteiger partial charge on any atom is 0.333 e. The Morgan fingerprint density at radius 1 is 1.03 bits per heavy atom. The molecule has 1 N–H and O–H groups in total. The molecule has 2 unspecified atom stereocenters. The van der Waals surface area contributed by atoms with Gasteiger partial charge in [0.25, 0.3) is 0 Å². The molecule has 166 valence electrons. The van der Waals surface area contributed by atoms with Crippen LogP contribution in [0.1, 0.15) is 67.5 Å². The second-order valence-corrected chi connectivity index (χ2v) is 9.70. The van der Waals surface area contributed by atoms with Crippen LogP contribution in [0.4, 0.5) is 4.39 Å². The Morgan fingerprint density at radius 2 is 1.57 bits per heavy atom. The standard InChI is InChI=1S/C24H34FO4P/c1-6-14-24(25,21-12-10-9-11-13-21)23-18(4)15-20(16-19(23)5)22(26)17-30(27,28-7-2)29-8-3/h9-13,15-16,22,26H,6-8,14,17H2,1-5H3. The Bertz CT molecular complexity index is 838. The van der Waals surface area contributed by atoms with Crippen LogP contribution < -0.4 is 0 Å². The van der Waals surface area contributed by atoms with Gasteiger partial charge in [0.2, 0.25) is 0 Å². The number of aryl methyl sites for hydroxylation is 2. The highest BCUT2D eigenvalue weighted by atomic mass is 31.2. The summed E-state index contributed by atoms with van der Waals surface area (Å²) in [5.74, 6) is 0. The number of rotatable bonds is 11. The zero-order valence-corrected chi connectivity index (χ0v) is 19.5. The number of hydrogen-bond donors (Lipinski definition) is 1. The molecule has 0 aliphatic heterocycles. The van der Waals surface area contributed by atoms with E-state index in [9.17, 15) is 9.67 Å². The van der Waals surface area contributed by atoms with Gasteiger partial charge >= 0.3 is 7.60 Å². The van der Waals surface area contributed by atoms with E-state index in [0.717, 1.165) is 11.1 Å². The van der Waals surface area contributed by atoms with Crippen LogP contribution in [0, 0.1) is 13.8 Å². The van der Waals surface area contributed by atoms with Crippen LogP contribution in [0.2, 0.25) is 0 Å². The minimum Gasteiger partial charge on any atom is -0.388 e. The predicted molar refractivity (Wildman–Crippen MR) is 120 cm³/mol. The predicted octanol–water partition coefficient (Wildman–Crippen LogP) is 6.62. The zero-order chi connectivity index (χ0) is 22.4. The van der Waals surface area contributed by atoms with E-state index in [4.69, 9.17) is 9.05 Å². The van der Waals surface area contributed by atoms with Gasteiger partial charge in [0.05, 0.1) is 25.5 Å². The van der Waals surface area contributed by atoms with Crippen molar-refractivity contribution in [2.45, 2.75) is 59.2 Å². The van der Waals surface area contributed by atoms with Crippen molar-refractivity contribution in [3.63, 3.8) is 0 Å². The van der Waals surface area contributed by atoms with Gasteiger partial charge in [0, 0.05) is 0 Å². The van der Waals surface area contributed by atoms with Crippen LogP contribution in [-0.4, -0.2) is 24.5 Å². The highest BCUT2D eigenvalue weighted by Gasteiger charge is 2.37. The molecule has 0 fully saturated rings. The summed E-state index contributed by atoms with van der Waals surface area (Å²) < 4.78 is 39.8. The molecule has 30 heavy (non-hydrogen) atoms. The summed E-state index contributed by atoms with van der Waals surface area (Å²) in [6.07, 6.45) is -0.107. The van der Waals surface area contributed by atoms with Crippen LogP contribution in [0.25, 0.3) is 0 Å². The van der Waals surface area contributed by atoms with Crippen molar-refractivity contribution in [3.05, 3.63) is 70.3 Å². The Balaban J connectivity index is 2.44. The minimum absolute atomic E-state index is 0.138. The third kappa shape index (κ3) is 5.59. The Labute approximate surface area is 180 Å². The third-order valence-electron chi connectivity index (χ3n) is 5.21. The van der Waals surface area contributed by atoms with Crippen LogP contribution in [0.3, 0.4) is 0 Å². The largest absolute Gasteiger partial charge is 0.388 e. The molecule has 2 aromatic rings. The molecule has 0 saturated heterocycles. The molecule has 2 rings (SSSR count). The van der Waals surface area contributed by atoms with E-state index >= 15 is 4.39 Å². The Kier molecular flexibility index (Phi) is 8.81. The van der Waals surface area contributed by atoms with E-state index in [0.29, 0.717) is 29.5 Å². The molecule has 2 atom stereocenters. The van der Waals surface area contributed by atoms with Gasteiger partial charge in [-0.3, -0.25) is 4.57 Å². The molecule has 0 amide bonds. The molecule has 6 heteroatoms. The highest BCUT2D eigenvalue weighted by molar-refractivity contribution is 7.53. The summed E-state index contributed by atoms with van der Waals surface area (Å²) in [5.41, 5.74) is 1.74. The molecule has 4 nitrogen and oxygen atoms in total. The molecule has 0 aromatic heterocycles. The van der Waals surface area contributed by atoms with Gasteiger partial charge in [-0.25, -0.2) is 4.39 Å². The first kappa shape index (κ1) is 24.7. The van der Waals surface area contributed by atoms with E-state index < -0.39 is 19.4 Å². The molecule has 0 bridgehead atoms. The van der Waals surface area contributed by atoms with Crippen molar-refractivity contribution < 1.29 is 23.1 Å². The van der Waals surface area contributed by atoms with Gasteiger partial charge in [0.15, 0.2) is 5.67 Å². The Morgan fingerprint density at radius 3 is 2.03 bits per heavy atom. The fourth-order valence-corrected chi connectivity index (χ4v) is 5.83. The van der Waals surface area contributed by atoms with Crippen molar-refractivity contribution >= 4 is 7.60 Å². The fourth-order valence-electron chi connectivity index (χ4n) is 4.13. The lowest BCUT2D eigenvalue weighted by Crippen LogP contribution is -2.24. The van der Waals surface area contributed by atoms with Gasteiger partial charge in [-0.15, -0.1) is 0 Å². The normalized spacial score (nSPS) is 15.0. The van der Waals surface area contributed by atoms with Gasteiger partial charge < -0.3 is 14.2 Å². The SMILES string of the molecule is CCCC(F)(c1ccccc1)c1c(C)cc(C(O)CP(=O)(OCC)OCC)cc1C. The summed E-state index contributed by atoms with van der Waals surface area (Å²) in [4.78, 5) is 0. The number of hydrogen-bond acceptors (Lipinski definition) is 4. The van der Waals surface area contributed by atoms with Crippen molar-refractivity contribution in [1.82, 2.24) is 0 Å². The lowest BCUT2D eigenvalue weighted by Gasteiger charge is -2.30. The summed E-state index contributed by atoms with van der Waals surface area (Å²) in [6, 6.07) is 12.8. The minimum atomic E-state index is -3.40. The summed E-state index contributed by atoms with van der Waals surface area (Å²) in [7, 11) is -3.40. The van der Waals surface area contributed by atoms with Crippen molar-refractivity contribution in [1.29, 1.82) is 0 Å². The lowest BCUT2D eigenvalue weighted by molar-refractivity contribution is 0.170. The number of halogens is 1. The molecule has 0 spiro atoms. The number of aliphatic hydroxyl groups excluding tert-OH is 1. The van der Waals surface area contributed by atoms with Gasteiger partial charge in [-0.2, -0.15) is 0 Å². The van der Waals surface area contributed by atoms with E-state index in [-0.39, 0.29) is 19.4 Å². The Hall–Kier alpha value is -1.52. The van der Waals surface area contributed by atoms with Crippen molar-refractivity contribution in [3.8, 4) is 0 Å². The first-order valence-electron chi connectivity index (χ1n) is 10.6. The molecule has 0 heterocycles. The topological polar surface area (TPSA) is 55.8 Å². The van der Waals surface area contributed by atoms with E-state index in [1.165, 1.54) is 0 Å². The second-order valence-electron chi connectivity index (χ2n) is 7.59. The number of aliphatic hydroxyl groups is 1. The van der Waals surface area contributed by atoms with E-state index in [1.807, 2.05) is 51.1 Å². The number of alkyl halides is 1. The lowest BCUT2D eigenvalue weighted by atomic mass is 9.79. The zero-order valence-electron chi connectivity index (χ0n) is 18.7.